The molecule has 0 aliphatic carbocycles. The summed E-state index contributed by atoms with van der Waals surface area (Å²) in [6.07, 6.45) is 3.99. The van der Waals surface area contributed by atoms with Crippen molar-refractivity contribution in [3.63, 3.8) is 0 Å². The molecule has 0 amide bonds. The summed E-state index contributed by atoms with van der Waals surface area (Å²) in [4.78, 5) is 5.53. The molecule has 2 rings (SSSR count). The van der Waals surface area contributed by atoms with E-state index < -0.39 is 0 Å². The fraction of sp³-hybridized carbons (Fsp3) is 0.765. The molecule has 20 heavy (non-hydrogen) atoms. The van der Waals surface area contributed by atoms with Crippen molar-refractivity contribution in [1.29, 1.82) is 0 Å². The Morgan fingerprint density at radius 3 is 2.65 bits per heavy atom. The molecule has 0 saturated carbocycles. The van der Waals surface area contributed by atoms with Crippen LogP contribution >= 0.6 is 11.3 Å². The fourth-order valence-corrected chi connectivity index (χ4v) is 4.19. The molecule has 1 saturated heterocycles. The third-order valence-electron chi connectivity index (χ3n) is 4.41. The molecular formula is C17H30N2S. The van der Waals surface area contributed by atoms with Crippen molar-refractivity contribution in [3.05, 3.63) is 21.9 Å². The third-order valence-corrected chi connectivity index (χ3v) is 6.02. The van der Waals surface area contributed by atoms with Crippen LogP contribution in [0.5, 0.6) is 0 Å². The van der Waals surface area contributed by atoms with Crippen molar-refractivity contribution in [2.75, 3.05) is 19.6 Å². The molecular weight excluding hydrogens is 264 g/mol. The predicted molar refractivity (Wildman–Crippen MR) is 89.4 cm³/mol. The average Bonchev–Trinajstić information content (AvgIpc) is 2.76. The van der Waals surface area contributed by atoms with E-state index in [9.17, 15) is 0 Å². The Kier molecular flexibility index (Phi) is 5.27. The van der Waals surface area contributed by atoms with Gasteiger partial charge in [-0.25, -0.2) is 0 Å². The lowest BCUT2D eigenvalue weighted by molar-refractivity contribution is 0.210. The Bertz CT molecular complexity index is 419. The number of hydrogen-bond donors (Lipinski definition) is 1. The summed E-state index contributed by atoms with van der Waals surface area (Å²) in [5, 5.41) is 0. The fourth-order valence-electron chi connectivity index (χ4n) is 2.98. The maximum absolute atomic E-state index is 6.10. The molecule has 2 heterocycles. The summed E-state index contributed by atoms with van der Waals surface area (Å²) < 4.78 is 0. The maximum atomic E-state index is 6.10. The number of nitrogens with zero attached hydrogens (tertiary/aromatic N) is 1. The largest absolute Gasteiger partial charge is 0.329 e. The first kappa shape index (κ1) is 16.0. The van der Waals surface area contributed by atoms with Gasteiger partial charge >= 0.3 is 0 Å². The summed E-state index contributed by atoms with van der Waals surface area (Å²) in [5.74, 6) is 0.867. The van der Waals surface area contributed by atoms with Gasteiger partial charge in [-0.1, -0.05) is 27.7 Å². The highest BCUT2D eigenvalue weighted by molar-refractivity contribution is 7.12. The van der Waals surface area contributed by atoms with Gasteiger partial charge < -0.3 is 5.73 Å². The molecule has 1 aliphatic heterocycles. The zero-order valence-electron chi connectivity index (χ0n) is 13.5. The minimum atomic E-state index is 0.245. The van der Waals surface area contributed by atoms with Gasteiger partial charge in [0.25, 0.3) is 0 Å². The van der Waals surface area contributed by atoms with E-state index in [0.717, 1.165) is 12.5 Å². The van der Waals surface area contributed by atoms with Gasteiger partial charge in [0.05, 0.1) is 6.04 Å². The van der Waals surface area contributed by atoms with Crippen LogP contribution in [0.25, 0.3) is 0 Å². The standard InChI is InChI=1S/C17H30N2S/c1-13-6-5-10-19(11-9-13)14(12-18)15-7-8-16(20-15)17(2,3)4/h7-8,13-14H,5-6,9-12,18H2,1-4H3. The Balaban J connectivity index is 2.13. The Hall–Kier alpha value is -0.380. The highest BCUT2D eigenvalue weighted by Crippen LogP contribution is 2.35. The van der Waals surface area contributed by atoms with Crippen LogP contribution < -0.4 is 5.73 Å². The molecule has 2 nitrogen and oxygen atoms in total. The molecule has 1 aromatic rings. The number of hydrogen-bond acceptors (Lipinski definition) is 3. The lowest BCUT2D eigenvalue weighted by Gasteiger charge is -2.29. The van der Waals surface area contributed by atoms with Crippen molar-refractivity contribution in [3.8, 4) is 0 Å². The molecule has 3 heteroatoms. The van der Waals surface area contributed by atoms with Crippen LogP contribution in [0, 0.1) is 5.92 Å². The summed E-state index contributed by atoms with van der Waals surface area (Å²) in [6, 6.07) is 5.02. The summed E-state index contributed by atoms with van der Waals surface area (Å²) in [7, 11) is 0. The van der Waals surface area contributed by atoms with Crippen LogP contribution in [-0.2, 0) is 5.41 Å². The van der Waals surface area contributed by atoms with Crippen molar-refractivity contribution in [1.82, 2.24) is 4.90 Å². The second-order valence-electron chi connectivity index (χ2n) is 7.28. The monoisotopic (exact) mass is 294 g/mol. The second-order valence-corrected chi connectivity index (χ2v) is 8.39. The molecule has 2 N–H and O–H groups in total. The van der Waals surface area contributed by atoms with E-state index >= 15 is 0 Å². The van der Waals surface area contributed by atoms with Gasteiger partial charge in [0, 0.05) is 16.3 Å². The van der Waals surface area contributed by atoms with E-state index in [0.29, 0.717) is 6.04 Å². The minimum Gasteiger partial charge on any atom is -0.329 e. The lowest BCUT2D eigenvalue weighted by atomic mass is 9.95. The summed E-state index contributed by atoms with van der Waals surface area (Å²) >= 11 is 1.95. The molecule has 2 atom stereocenters. The van der Waals surface area contributed by atoms with Gasteiger partial charge in [0.1, 0.15) is 0 Å². The number of thiophene rings is 1. The topological polar surface area (TPSA) is 29.3 Å². The average molecular weight is 295 g/mol. The summed E-state index contributed by atoms with van der Waals surface area (Å²) in [5.41, 5.74) is 6.35. The smallest absolute Gasteiger partial charge is 0.0564 e. The molecule has 1 fully saturated rings. The maximum Gasteiger partial charge on any atom is 0.0564 e. The first-order valence-corrected chi connectivity index (χ1v) is 8.78. The molecule has 0 aromatic carbocycles. The number of rotatable bonds is 3. The molecule has 114 valence electrons. The Labute approximate surface area is 128 Å². The quantitative estimate of drug-likeness (QED) is 0.906. The van der Waals surface area contributed by atoms with Crippen molar-refractivity contribution >= 4 is 11.3 Å². The van der Waals surface area contributed by atoms with Crippen molar-refractivity contribution < 1.29 is 0 Å². The van der Waals surface area contributed by atoms with Crippen LogP contribution in [0.4, 0.5) is 0 Å². The molecule has 1 aliphatic rings. The molecule has 0 bridgehead atoms. The molecule has 0 radical (unpaired) electrons. The lowest BCUT2D eigenvalue weighted by Crippen LogP contribution is -2.34. The van der Waals surface area contributed by atoms with E-state index in [2.05, 4.69) is 44.7 Å². The first-order valence-electron chi connectivity index (χ1n) is 7.96. The number of likely N-dealkylation sites (tertiary alicyclic amines) is 1. The molecule has 1 aromatic heterocycles. The van der Waals surface area contributed by atoms with Gasteiger partial charge in [-0.3, -0.25) is 4.90 Å². The highest BCUT2D eigenvalue weighted by Gasteiger charge is 2.25. The highest BCUT2D eigenvalue weighted by atomic mass is 32.1. The van der Waals surface area contributed by atoms with E-state index in [1.54, 1.807) is 0 Å². The zero-order valence-corrected chi connectivity index (χ0v) is 14.3. The van der Waals surface area contributed by atoms with Gasteiger partial charge in [-0.05, 0) is 55.8 Å². The van der Waals surface area contributed by atoms with E-state index in [1.165, 1.54) is 42.1 Å². The van der Waals surface area contributed by atoms with Gasteiger partial charge in [-0.2, -0.15) is 0 Å². The van der Waals surface area contributed by atoms with Gasteiger partial charge in [0.2, 0.25) is 0 Å². The van der Waals surface area contributed by atoms with Crippen molar-refractivity contribution in [2.45, 2.75) is 58.4 Å². The first-order chi connectivity index (χ1) is 9.41. The van der Waals surface area contributed by atoms with Gasteiger partial charge in [-0.15, -0.1) is 11.3 Å². The normalized spacial score (nSPS) is 23.6. The van der Waals surface area contributed by atoms with Crippen LogP contribution in [0.1, 0.15) is 62.8 Å². The second kappa shape index (κ2) is 6.59. The minimum absolute atomic E-state index is 0.245. The van der Waals surface area contributed by atoms with Crippen molar-refractivity contribution in [2.24, 2.45) is 11.7 Å². The third kappa shape index (κ3) is 3.84. The van der Waals surface area contributed by atoms with E-state index in [4.69, 9.17) is 5.73 Å². The summed E-state index contributed by atoms with van der Waals surface area (Å²) in [6.45, 7) is 12.4. The Morgan fingerprint density at radius 1 is 1.30 bits per heavy atom. The van der Waals surface area contributed by atoms with Crippen LogP contribution in [-0.4, -0.2) is 24.5 Å². The predicted octanol–water partition coefficient (Wildman–Crippen LogP) is 4.17. The van der Waals surface area contributed by atoms with Crippen LogP contribution in [0.2, 0.25) is 0 Å². The van der Waals surface area contributed by atoms with Gasteiger partial charge in [0.15, 0.2) is 0 Å². The SMILES string of the molecule is CC1CCCN(C(CN)c2ccc(C(C)(C)C)s2)CC1. The Morgan fingerprint density at radius 2 is 2.05 bits per heavy atom. The number of nitrogens with two attached hydrogens (primary N) is 1. The van der Waals surface area contributed by atoms with E-state index in [1.807, 2.05) is 11.3 Å². The van der Waals surface area contributed by atoms with Crippen LogP contribution in [0.3, 0.4) is 0 Å². The molecule has 2 unspecified atom stereocenters. The zero-order chi connectivity index (χ0) is 14.8. The molecule has 0 spiro atoms. The van der Waals surface area contributed by atoms with E-state index in [-0.39, 0.29) is 5.41 Å². The van der Waals surface area contributed by atoms with Crippen LogP contribution in [0.15, 0.2) is 12.1 Å².